The topological polar surface area (TPSA) is 152 Å². The molecule has 2 aromatic rings. The van der Waals surface area contributed by atoms with Crippen molar-refractivity contribution >= 4 is 43.1 Å². The fraction of sp³-hybridized carbons (Fsp3) is 0.564. The van der Waals surface area contributed by atoms with Crippen molar-refractivity contribution in [3.63, 3.8) is 0 Å². The second-order valence-corrected chi connectivity index (χ2v) is 19.0. The van der Waals surface area contributed by atoms with Crippen LogP contribution >= 0.6 is 0 Å². The molecule has 282 valence electrons. The summed E-state index contributed by atoms with van der Waals surface area (Å²) in [5, 5.41) is 22.6. The molecule has 2 aromatic carbocycles. The SMILES string of the molecule is C=CCN1C(=O)[C@@]2(O[C@@H](CC(=O)N3CCC[C@H]3CO)[C@H]([Si](C)(C)O)[C@H]2C)c2cc(N3C(=O)C(NCCCCO)Cc4cc(OCC)ccc43)ccc21. The Morgan fingerprint density at radius 2 is 1.92 bits per heavy atom. The van der Waals surface area contributed by atoms with E-state index in [2.05, 4.69) is 11.9 Å². The Morgan fingerprint density at radius 3 is 2.62 bits per heavy atom. The van der Waals surface area contributed by atoms with Crippen molar-refractivity contribution in [2.45, 2.75) is 94.8 Å². The van der Waals surface area contributed by atoms with E-state index in [1.807, 2.05) is 63.3 Å². The van der Waals surface area contributed by atoms with Gasteiger partial charge in [0.15, 0.2) is 13.9 Å². The van der Waals surface area contributed by atoms with Crippen LogP contribution in [0, 0.1) is 5.92 Å². The molecule has 3 amide bonds. The van der Waals surface area contributed by atoms with Crippen LogP contribution in [0.15, 0.2) is 49.1 Å². The van der Waals surface area contributed by atoms with Gasteiger partial charge in [-0.1, -0.05) is 13.0 Å². The van der Waals surface area contributed by atoms with E-state index >= 15 is 0 Å². The lowest BCUT2D eigenvalue weighted by atomic mass is 9.82. The molecule has 1 spiro atoms. The van der Waals surface area contributed by atoms with Gasteiger partial charge < -0.3 is 39.6 Å². The maximum atomic E-state index is 14.8. The van der Waals surface area contributed by atoms with Gasteiger partial charge in [0.2, 0.25) is 11.8 Å². The van der Waals surface area contributed by atoms with Crippen LogP contribution in [0.3, 0.4) is 0 Å². The Bertz CT molecular complexity index is 1680. The molecule has 4 heterocycles. The van der Waals surface area contributed by atoms with Crippen molar-refractivity contribution in [3.8, 4) is 5.75 Å². The number of ether oxygens (including phenoxy) is 2. The first-order valence-corrected chi connectivity index (χ1v) is 21.7. The fourth-order valence-electron chi connectivity index (χ4n) is 9.08. The molecule has 2 saturated heterocycles. The summed E-state index contributed by atoms with van der Waals surface area (Å²) in [6, 6.07) is 10.5. The van der Waals surface area contributed by atoms with Gasteiger partial charge in [0, 0.05) is 42.4 Å². The molecule has 13 heteroatoms. The van der Waals surface area contributed by atoms with E-state index in [9.17, 15) is 29.4 Å². The normalized spacial score (nSPS) is 27.1. The molecule has 2 fully saturated rings. The van der Waals surface area contributed by atoms with Crippen LogP contribution in [0.4, 0.5) is 17.1 Å². The molecule has 52 heavy (non-hydrogen) atoms. The number of nitrogens with zero attached hydrogens (tertiary/aromatic N) is 3. The number of hydrogen-bond acceptors (Lipinski definition) is 9. The summed E-state index contributed by atoms with van der Waals surface area (Å²) in [6.07, 6.45) is 4.26. The Labute approximate surface area is 307 Å². The fourth-order valence-corrected chi connectivity index (χ4v) is 11.6. The second kappa shape index (κ2) is 15.4. The number of aliphatic hydroxyl groups excluding tert-OH is 2. The van der Waals surface area contributed by atoms with E-state index in [1.54, 1.807) is 20.8 Å². The number of fused-ring (bicyclic) bond motifs is 3. The van der Waals surface area contributed by atoms with Crippen molar-refractivity contribution < 1.29 is 38.9 Å². The van der Waals surface area contributed by atoms with E-state index in [4.69, 9.17) is 9.47 Å². The smallest absolute Gasteiger partial charge is 0.264 e. The number of nitrogens with one attached hydrogen (secondary N) is 1. The van der Waals surface area contributed by atoms with E-state index in [0.29, 0.717) is 55.2 Å². The number of anilines is 3. The molecule has 1 unspecified atom stereocenters. The highest BCUT2D eigenvalue weighted by molar-refractivity contribution is 6.71. The summed E-state index contributed by atoms with van der Waals surface area (Å²) in [5.74, 6) is -0.371. The van der Waals surface area contributed by atoms with Gasteiger partial charge in [-0.2, -0.15) is 0 Å². The number of unbranched alkanes of at least 4 members (excludes halogenated alkanes) is 1. The average Bonchev–Trinajstić information content (AvgIpc) is 3.77. The number of carbonyl (C=O) groups is 3. The first kappa shape index (κ1) is 38.1. The number of amides is 3. The predicted molar refractivity (Wildman–Crippen MR) is 201 cm³/mol. The van der Waals surface area contributed by atoms with Gasteiger partial charge in [0.05, 0.1) is 49.2 Å². The third-order valence-electron chi connectivity index (χ3n) is 11.3. The lowest BCUT2D eigenvalue weighted by Crippen LogP contribution is -2.49. The summed E-state index contributed by atoms with van der Waals surface area (Å²) in [4.78, 5) is 59.7. The number of aliphatic hydroxyl groups is 2. The molecule has 4 aliphatic rings. The number of rotatable bonds is 14. The van der Waals surface area contributed by atoms with Crippen molar-refractivity contribution in [1.82, 2.24) is 10.2 Å². The van der Waals surface area contributed by atoms with Crippen LogP contribution in [0.2, 0.25) is 18.6 Å². The molecule has 0 bridgehead atoms. The highest BCUT2D eigenvalue weighted by Crippen LogP contribution is 2.60. The molecule has 0 aliphatic carbocycles. The maximum absolute atomic E-state index is 14.8. The Morgan fingerprint density at radius 1 is 1.15 bits per heavy atom. The Hall–Kier alpha value is -3.59. The van der Waals surface area contributed by atoms with Gasteiger partial charge in [-0.05, 0) is 101 Å². The minimum Gasteiger partial charge on any atom is -0.494 e. The molecule has 6 atom stereocenters. The summed E-state index contributed by atoms with van der Waals surface area (Å²) >= 11 is 0. The van der Waals surface area contributed by atoms with Crippen molar-refractivity contribution in [3.05, 3.63) is 60.2 Å². The maximum Gasteiger partial charge on any atom is 0.264 e. The van der Waals surface area contributed by atoms with Gasteiger partial charge in [-0.3, -0.25) is 19.3 Å². The predicted octanol–water partition coefficient (Wildman–Crippen LogP) is 3.74. The zero-order valence-corrected chi connectivity index (χ0v) is 31.8. The van der Waals surface area contributed by atoms with Crippen LogP contribution in [-0.2, 0) is 31.1 Å². The standard InChI is InChI=1S/C39H54N4O8Si/c1-6-17-42-33-14-12-27(43-32-15-13-29(50-7-2)20-26(32)21-31(37(43)47)40-16-8-9-19-44)22-30(33)39(38(42)48)25(3)36(52(4,5)49)34(51-39)23-35(46)41-18-10-11-28(41)24-45/h6,12-15,20,22,25,28,31,34,36,40,44-45,49H,1,7-11,16-19,21,23-24H2,2-5H3/t25-,28+,31?,34+,36-,39+/m1/s1. The van der Waals surface area contributed by atoms with Crippen molar-refractivity contribution in [2.24, 2.45) is 5.92 Å². The van der Waals surface area contributed by atoms with Crippen LogP contribution in [0.5, 0.6) is 5.75 Å². The number of hydrogen-bond donors (Lipinski definition) is 4. The molecular formula is C39H54N4O8Si. The lowest BCUT2D eigenvalue weighted by molar-refractivity contribution is -0.149. The molecule has 0 radical (unpaired) electrons. The highest BCUT2D eigenvalue weighted by Gasteiger charge is 2.66. The number of likely N-dealkylation sites (tertiary alicyclic amines) is 1. The monoisotopic (exact) mass is 734 g/mol. The van der Waals surface area contributed by atoms with Gasteiger partial charge >= 0.3 is 0 Å². The molecular weight excluding hydrogens is 681 g/mol. The molecule has 12 nitrogen and oxygen atoms in total. The first-order valence-electron chi connectivity index (χ1n) is 18.7. The second-order valence-electron chi connectivity index (χ2n) is 15.1. The van der Waals surface area contributed by atoms with Crippen LogP contribution in [0.25, 0.3) is 0 Å². The zero-order chi connectivity index (χ0) is 37.4. The van der Waals surface area contributed by atoms with Gasteiger partial charge in [0.25, 0.3) is 5.91 Å². The zero-order valence-electron chi connectivity index (χ0n) is 30.8. The Kier molecular flexibility index (Phi) is 11.3. The van der Waals surface area contributed by atoms with E-state index in [0.717, 1.165) is 30.5 Å². The van der Waals surface area contributed by atoms with Crippen LogP contribution in [0.1, 0.15) is 57.1 Å². The van der Waals surface area contributed by atoms with Crippen molar-refractivity contribution in [1.29, 1.82) is 0 Å². The first-order chi connectivity index (χ1) is 24.9. The molecule has 4 N–H and O–H groups in total. The van der Waals surface area contributed by atoms with E-state index < -0.39 is 37.5 Å². The van der Waals surface area contributed by atoms with Crippen LogP contribution < -0.4 is 19.9 Å². The minimum atomic E-state index is -3.05. The van der Waals surface area contributed by atoms with E-state index in [-0.39, 0.29) is 49.9 Å². The summed E-state index contributed by atoms with van der Waals surface area (Å²) < 4.78 is 12.8. The average molecular weight is 735 g/mol. The third-order valence-corrected chi connectivity index (χ3v) is 13.8. The number of carbonyl (C=O) groups excluding carboxylic acids is 3. The summed E-state index contributed by atoms with van der Waals surface area (Å²) in [5.41, 5.74) is 1.48. The third kappa shape index (κ3) is 6.71. The minimum absolute atomic E-state index is 0.0161. The van der Waals surface area contributed by atoms with Gasteiger partial charge in [0.1, 0.15) is 5.75 Å². The molecule has 0 saturated carbocycles. The largest absolute Gasteiger partial charge is 0.494 e. The highest BCUT2D eigenvalue weighted by atomic mass is 28.4. The summed E-state index contributed by atoms with van der Waals surface area (Å²) in [7, 11) is -3.05. The molecule has 6 rings (SSSR count). The van der Waals surface area contributed by atoms with Crippen molar-refractivity contribution in [2.75, 3.05) is 49.3 Å². The number of benzene rings is 2. The quantitative estimate of drug-likeness (QED) is 0.129. The Balaban J connectivity index is 1.43. The summed E-state index contributed by atoms with van der Waals surface area (Å²) in [6.45, 7) is 13.2. The van der Waals surface area contributed by atoms with E-state index in [1.165, 1.54) is 0 Å². The lowest BCUT2D eigenvalue weighted by Gasteiger charge is -2.36. The molecule has 0 aromatic heterocycles. The van der Waals surface area contributed by atoms with Gasteiger partial charge in [-0.15, -0.1) is 6.58 Å². The van der Waals surface area contributed by atoms with Crippen LogP contribution in [-0.4, -0.2) is 104 Å². The van der Waals surface area contributed by atoms with Gasteiger partial charge in [-0.25, -0.2) is 0 Å². The molecule has 4 aliphatic heterocycles.